The van der Waals surface area contributed by atoms with Crippen LogP contribution < -0.4 is 0 Å². The van der Waals surface area contributed by atoms with Crippen molar-refractivity contribution in [2.75, 3.05) is 7.05 Å². The molecule has 0 saturated heterocycles. The number of hydrogen-bond acceptors (Lipinski definition) is 3. The monoisotopic (exact) mass is 217 g/mol. The Morgan fingerprint density at radius 1 is 1.38 bits per heavy atom. The Kier molecular flexibility index (Phi) is 1.65. The molecule has 2 heterocycles. The smallest absolute Gasteiger partial charge is 0.207 e. The maximum atomic E-state index is 11.8. The molecule has 0 spiro atoms. The van der Waals surface area contributed by atoms with Gasteiger partial charge in [0.2, 0.25) is 10.0 Å². The van der Waals surface area contributed by atoms with Crippen LogP contribution in [0.25, 0.3) is 0 Å². The topological polar surface area (TPSA) is 37.4 Å². The number of sulfonamides is 1. The van der Waals surface area contributed by atoms with Gasteiger partial charge in [-0.15, -0.1) is 0 Å². The highest BCUT2D eigenvalue weighted by Gasteiger charge is 2.46. The van der Waals surface area contributed by atoms with Crippen molar-refractivity contribution in [3.05, 3.63) is 16.3 Å². The van der Waals surface area contributed by atoms with Crippen molar-refractivity contribution in [2.45, 2.75) is 24.3 Å². The summed E-state index contributed by atoms with van der Waals surface area (Å²) in [6.45, 7) is 3.84. The summed E-state index contributed by atoms with van der Waals surface area (Å²) >= 11 is 1.44. The highest BCUT2D eigenvalue weighted by atomic mass is 32.2. The molecule has 1 aromatic rings. The van der Waals surface area contributed by atoms with E-state index in [1.165, 1.54) is 15.6 Å². The summed E-state index contributed by atoms with van der Waals surface area (Å²) in [7, 11) is -1.58. The molecule has 3 nitrogen and oxygen atoms in total. The second kappa shape index (κ2) is 2.34. The van der Waals surface area contributed by atoms with E-state index in [0.29, 0.717) is 4.90 Å². The third-order valence-corrected chi connectivity index (χ3v) is 5.68. The first-order chi connectivity index (χ1) is 5.88. The molecule has 0 radical (unpaired) electrons. The minimum Gasteiger partial charge on any atom is -0.207 e. The lowest BCUT2D eigenvalue weighted by Crippen LogP contribution is -2.35. The zero-order chi connectivity index (χ0) is 9.85. The first-order valence-corrected chi connectivity index (χ1v) is 6.32. The lowest BCUT2D eigenvalue weighted by Gasteiger charge is -2.26. The Morgan fingerprint density at radius 2 is 2.00 bits per heavy atom. The van der Waals surface area contributed by atoms with Crippen molar-refractivity contribution in [3.63, 3.8) is 0 Å². The number of thiophene rings is 1. The van der Waals surface area contributed by atoms with Gasteiger partial charge >= 0.3 is 0 Å². The molecule has 72 valence electrons. The minimum atomic E-state index is -3.20. The van der Waals surface area contributed by atoms with Crippen molar-refractivity contribution in [3.8, 4) is 0 Å². The van der Waals surface area contributed by atoms with Gasteiger partial charge in [-0.25, -0.2) is 8.42 Å². The van der Waals surface area contributed by atoms with Crippen molar-refractivity contribution in [1.82, 2.24) is 4.31 Å². The average molecular weight is 217 g/mol. The van der Waals surface area contributed by atoms with Gasteiger partial charge in [-0.05, 0) is 19.2 Å². The van der Waals surface area contributed by atoms with Crippen LogP contribution in [-0.4, -0.2) is 19.8 Å². The van der Waals surface area contributed by atoms with E-state index in [0.717, 1.165) is 5.56 Å². The van der Waals surface area contributed by atoms with E-state index in [4.69, 9.17) is 0 Å². The van der Waals surface area contributed by atoms with Gasteiger partial charge in [0.25, 0.3) is 0 Å². The number of hydrogen-bond donors (Lipinski definition) is 0. The van der Waals surface area contributed by atoms with Crippen LogP contribution in [0.15, 0.2) is 15.7 Å². The molecular formula is C8H11NO2S2. The molecule has 1 aromatic heterocycles. The maximum absolute atomic E-state index is 11.8. The third-order valence-electron chi connectivity index (χ3n) is 2.71. The molecule has 0 bridgehead atoms. The summed E-state index contributed by atoms with van der Waals surface area (Å²) in [4.78, 5) is 0.477. The lowest BCUT2D eigenvalue weighted by atomic mass is 9.98. The van der Waals surface area contributed by atoms with Crippen molar-refractivity contribution in [2.24, 2.45) is 0 Å². The molecule has 1 aliphatic heterocycles. The summed E-state index contributed by atoms with van der Waals surface area (Å²) in [5, 5.41) is 3.62. The average Bonchev–Trinajstić information content (AvgIpc) is 2.54. The number of nitrogens with zero attached hydrogens (tertiary/aromatic N) is 1. The van der Waals surface area contributed by atoms with Gasteiger partial charge in [0.15, 0.2) is 0 Å². The molecule has 13 heavy (non-hydrogen) atoms. The first kappa shape index (κ1) is 9.18. The summed E-state index contributed by atoms with van der Waals surface area (Å²) in [5.41, 5.74) is 0.522. The van der Waals surface area contributed by atoms with Crippen LogP contribution in [0.4, 0.5) is 0 Å². The second-order valence-electron chi connectivity index (χ2n) is 3.68. The normalized spacial score (nSPS) is 24.5. The fourth-order valence-electron chi connectivity index (χ4n) is 1.55. The highest BCUT2D eigenvalue weighted by Crippen LogP contribution is 2.44. The lowest BCUT2D eigenvalue weighted by molar-refractivity contribution is 0.287. The van der Waals surface area contributed by atoms with E-state index in [1.807, 2.05) is 19.2 Å². The van der Waals surface area contributed by atoms with Crippen LogP contribution in [-0.2, 0) is 15.6 Å². The Bertz CT molecular complexity index is 444. The maximum Gasteiger partial charge on any atom is 0.244 e. The van der Waals surface area contributed by atoms with Crippen molar-refractivity contribution < 1.29 is 8.42 Å². The van der Waals surface area contributed by atoms with E-state index in [1.54, 1.807) is 12.4 Å². The summed E-state index contributed by atoms with van der Waals surface area (Å²) in [5.74, 6) is 0. The largest absolute Gasteiger partial charge is 0.244 e. The summed E-state index contributed by atoms with van der Waals surface area (Å²) in [6, 6.07) is 0. The molecule has 0 amide bonds. The van der Waals surface area contributed by atoms with Gasteiger partial charge in [0, 0.05) is 18.0 Å². The van der Waals surface area contributed by atoms with Crippen LogP contribution >= 0.6 is 11.3 Å². The third kappa shape index (κ3) is 0.949. The van der Waals surface area contributed by atoms with E-state index in [-0.39, 0.29) is 0 Å². The molecule has 2 rings (SSSR count). The molecule has 0 N–H and O–H groups in total. The molecule has 1 aliphatic rings. The van der Waals surface area contributed by atoms with Gasteiger partial charge in [-0.1, -0.05) is 0 Å². The zero-order valence-electron chi connectivity index (χ0n) is 7.73. The van der Waals surface area contributed by atoms with E-state index >= 15 is 0 Å². The fourth-order valence-corrected chi connectivity index (χ4v) is 4.73. The van der Waals surface area contributed by atoms with Crippen LogP contribution in [0.5, 0.6) is 0 Å². The van der Waals surface area contributed by atoms with E-state index in [2.05, 4.69) is 0 Å². The molecule has 0 atom stereocenters. The summed E-state index contributed by atoms with van der Waals surface area (Å²) in [6.07, 6.45) is 0. The molecular weight excluding hydrogens is 206 g/mol. The second-order valence-corrected chi connectivity index (χ2v) is 6.36. The van der Waals surface area contributed by atoms with Gasteiger partial charge in [-0.3, -0.25) is 0 Å². The predicted molar refractivity (Wildman–Crippen MR) is 52.3 cm³/mol. The molecule has 0 aromatic carbocycles. The van der Waals surface area contributed by atoms with Crippen LogP contribution in [0.3, 0.4) is 0 Å². The van der Waals surface area contributed by atoms with Crippen LogP contribution in [0.1, 0.15) is 19.4 Å². The number of fused-ring (bicyclic) bond motifs is 1. The quantitative estimate of drug-likeness (QED) is 0.662. The Balaban J connectivity index is 2.80. The first-order valence-electron chi connectivity index (χ1n) is 3.94. The number of rotatable bonds is 0. The minimum absolute atomic E-state index is 0.395. The molecule has 0 saturated carbocycles. The van der Waals surface area contributed by atoms with Gasteiger partial charge in [0.1, 0.15) is 0 Å². The Morgan fingerprint density at radius 3 is 2.54 bits per heavy atom. The molecule has 0 fully saturated rings. The molecule has 0 unspecified atom stereocenters. The summed E-state index contributed by atoms with van der Waals surface area (Å²) < 4.78 is 25.0. The van der Waals surface area contributed by atoms with Gasteiger partial charge < -0.3 is 0 Å². The fraction of sp³-hybridized carbons (Fsp3) is 0.500. The van der Waals surface area contributed by atoms with Gasteiger partial charge in [-0.2, -0.15) is 15.6 Å². The standard InChI is InChI=1S/C8H11NO2S2/c1-8(2)6-4-12-5-7(6)13(10,11)9(8)3/h4-5H,1-3H3. The Labute approximate surface area is 82.0 Å². The Hall–Kier alpha value is -0.390. The van der Waals surface area contributed by atoms with E-state index in [9.17, 15) is 8.42 Å². The molecule has 0 aliphatic carbocycles. The highest BCUT2D eigenvalue weighted by molar-refractivity contribution is 7.89. The zero-order valence-corrected chi connectivity index (χ0v) is 9.37. The predicted octanol–water partition coefficient (Wildman–Crippen LogP) is 1.62. The van der Waals surface area contributed by atoms with Crippen LogP contribution in [0, 0.1) is 0 Å². The van der Waals surface area contributed by atoms with Gasteiger partial charge in [0.05, 0.1) is 10.4 Å². The van der Waals surface area contributed by atoms with Crippen molar-refractivity contribution in [1.29, 1.82) is 0 Å². The van der Waals surface area contributed by atoms with E-state index < -0.39 is 15.6 Å². The molecule has 5 heteroatoms. The SMILES string of the molecule is CN1C(C)(C)c2cscc2S1(=O)=O. The van der Waals surface area contributed by atoms with Crippen LogP contribution in [0.2, 0.25) is 0 Å². The van der Waals surface area contributed by atoms with Crippen molar-refractivity contribution >= 4 is 21.4 Å².